The molecular weight excluding hydrogens is 280 g/mol. The standard InChI is InChI=1S/C13H29BrOSi/c1-5-9-11-16(15-8-4,12-10-6-2)13(14)7-3/h13H,5-12H2,1-4H3. The van der Waals surface area contributed by atoms with E-state index in [2.05, 4.69) is 43.6 Å². The van der Waals surface area contributed by atoms with E-state index in [4.69, 9.17) is 4.43 Å². The van der Waals surface area contributed by atoms with Gasteiger partial charge in [0.15, 0.2) is 0 Å². The molecule has 0 radical (unpaired) electrons. The molecule has 0 aliphatic heterocycles. The zero-order chi connectivity index (χ0) is 12.4. The van der Waals surface area contributed by atoms with Crippen molar-refractivity contribution in [2.45, 2.75) is 76.3 Å². The van der Waals surface area contributed by atoms with E-state index < -0.39 is 8.32 Å². The smallest absolute Gasteiger partial charge is 0.206 e. The van der Waals surface area contributed by atoms with Gasteiger partial charge < -0.3 is 4.43 Å². The Morgan fingerprint density at radius 3 is 1.81 bits per heavy atom. The Morgan fingerprint density at radius 1 is 1.00 bits per heavy atom. The van der Waals surface area contributed by atoms with E-state index in [0.717, 1.165) is 6.61 Å². The van der Waals surface area contributed by atoms with E-state index in [-0.39, 0.29) is 0 Å². The second-order valence-electron chi connectivity index (χ2n) is 4.58. The molecule has 0 aliphatic rings. The molecule has 0 aromatic rings. The topological polar surface area (TPSA) is 9.23 Å². The summed E-state index contributed by atoms with van der Waals surface area (Å²) in [6, 6.07) is 2.67. The number of unbranched alkanes of at least 4 members (excludes halogenated alkanes) is 2. The molecule has 0 aromatic heterocycles. The molecule has 0 spiro atoms. The summed E-state index contributed by atoms with van der Waals surface area (Å²) in [5.74, 6) is 0. The minimum Gasteiger partial charge on any atom is -0.416 e. The van der Waals surface area contributed by atoms with Gasteiger partial charge in [-0.1, -0.05) is 62.4 Å². The van der Waals surface area contributed by atoms with E-state index in [0.29, 0.717) is 4.45 Å². The molecule has 1 nitrogen and oxygen atoms in total. The van der Waals surface area contributed by atoms with Crippen molar-refractivity contribution in [1.82, 2.24) is 0 Å². The van der Waals surface area contributed by atoms with Crippen molar-refractivity contribution >= 4 is 24.2 Å². The molecule has 98 valence electrons. The summed E-state index contributed by atoms with van der Waals surface area (Å²) in [5.41, 5.74) is 0. The van der Waals surface area contributed by atoms with Gasteiger partial charge in [0.05, 0.1) is 0 Å². The number of rotatable bonds is 10. The molecule has 0 bridgehead atoms. The van der Waals surface area contributed by atoms with Gasteiger partial charge in [0, 0.05) is 11.1 Å². The first-order valence-electron chi connectivity index (χ1n) is 6.94. The number of hydrogen-bond acceptors (Lipinski definition) is 1. The molecule has 1 unspecified atom stereocenters. The highest BCUT2D eigenvalue weighted by Crippen LogP contribution is 2.32. The van der Waals surface area contributed by atoms with Crippen molar-refractivity contribution in [3.05, 3.63) is 0 Å². The van der Waals surface area contributed by atoms with Crippen LogP contribution in [0.5, 0.6) is 0 Å². The lowest BCUT2D eigenvalue weighted by atomic mass is 10.4. The fraction of sp³-hybridized carbons (Fsp3) is 1.00. The van der Waals surface area contributed by atoms with Crippen LogP contribution < -0.4 is 0 Å². The fourth-order valence-electron chi connectivity index (χ4n) is 2.28. The van der Waals surface area contributed by atoms with Crippen molar-refractivity contribution in [3.63, 3.8) is 0 Å². The van der Waals surface area contributed by atoms with Gasteiger partial charge >= 0.3 is 0 Å². The largest absolute Gasteiger partial charge is 0.416 e. The van der Waals surface area contributed by atoms with Crippen molar-refractivity contribution in [2.75, 3.05) is 6.61 Å². The second kappa shape index (κ2) is 9.66. The zero-order valence-corrected chi connectivity index (χ0v) is 14.1. The Bertz CT molecular complexity index is 156. The SMILES string of the molecule is CCCC[Si](CCCC)(OCC)C(Br)CC. The van der Waals surface area contributed by atoms with Gasteiger partial charge in [0.1, 0.15) is 0 Å². The van der Waals surface area contributed by atoms with Crippen LogP contribution in [0.3, 0.4) is 0 Å². The Hall–Kier alpha value is 0.657. The lowest BCUT2D eigenvalue weighted by Crippen LogP contribution is -2.47. The van der Waals surface area contributed by atoms with Crippen LogP contribution in [0.15, 0.2) is 0 Å². The summed E-state index contributed by atoms with van der Waals surface area (Å²) in [4.78, 5) is 0. The molecule has 0 heterocycles. The van der Waals surface area contributed by atoms with Gasteiger partial charge in [-0.05, 0) is 25.4 Å². The maximum absolute atomic E-state index is 6.28. The predicted octanol–water partition coefficient (Wildman–Crippen LogP) is 5.28. The van der Waals surface area contributed by atoms with Crippen LogP contribution in [-0.2, 0) is 4.43 Å². The van der Waals surface area contributed by atoms with E-state index >= 15 is 0 Å². The third kappa shape index (κ3) is 5.33. The van der Waals surface area contributed by atoms with Crippen LogP contribution in [0.25, 0.3) is 0 Å². The van der Waals surface area contributed by atoms with Crippen LogP contribution in [-0.4, -0.2) is 19.4 Å². The molecule has 0 rings (SSSR count). The van der Waals surface area contributed by atoms with Crippen molar-refractivity contribution in [2.24, 2.45) is 0 Å². The minimum atomic E-state index is -1.52. The van der Waals surface area contributed by atoms with Gasteiger partial charge in [-0.2, -0.15) is 0 Å². The van der Waals surface area contributed by atoms with Gasteiger partial charge in [0.25, 0.3) is 0 Å². The Kier molecular flexibility index (Phi) is 10.1. The molecule has 0 N–H and O–H groups in total. The first-order valence-corrected chi connectivity index (χ1v) is 10.3. The third-order valence-electron chi connectivity index (χ3n) is 3.27. The first-order chi connectivity index (χ1) is 7.66. The number of hydrogen-bond donors (Lipinski definition) is 0. The average molecular weight is 309 g/mol. The number of halogens is 1. The predicted molar refractivity (Wildman–Crippen MR) is 79.8 cm³/mol. The quantitative estimate of drug-likeness (QED) is 0.394. The van der Waals surface area contributed by atoms with Crippen molar-refractivity contribution in [3.8, 4) is 0 Å². The Morgan fingerprint density at radius 2 is 1.50 bits per heavy atom. The summed E-state index contributed by atoms with van der Waals surface area (Å²) < 4.78 is 6.92. The van der Waals surface area contributed by atoms with Gasteiger partial charge in [-0.15, -0.1) is 0 Å². The zero-order valence-electron chi connectivity index (χ0n) is 11.5. The molecular formula is C13H29BrOSi. The first kappa shape index (κ1) is 16.7. The molecule has 0 aromatic carbocycles. The van der Waals surface area contributed by atoms with Crippen LogP contribution in [0, 0.1) is 0 Å². The molecule has 0 saturated heterocycles. The van der Waals surface area contributed by atoms with Crippen molar-refractivity contribution in [1.29, 1.82) is 0 Å². The maximum Gasteiger partial charge on any atom is 0.206 e. The summed E-state index contributed by atoms with van der Waals surface area (Å²) >= 11 is 3.90. The molecule has 0 amide bonds. The van der Waals surface area contributed by atoms with E-state index in [1.54, 1.807) is 0 Å². The summed E-state index contributed by atoms with van der Waals surface area (Å²) in [6.45, 7) is 9.87. The van der Waals surface area contributed by atoms with Gasteiger partial charge in [0.2, 0.25) is 8.32 Å². The normalized spacial score (nSPS) is 14.1. The summed E-state index contributed by atoms with van der Waals surface area (Å²) in [6.07, 6.45) is 6.45. The summed E-state index contributed by atoms with van der Waals surface area (Å²) in [5, 5.41) is 0. The highest BCUT2D eigenvalue weighted by molar-refractivity contribution is 9.10. The second-order valence-corrected chi connectivity index (χ2v) is 10.6. The van der Waals surface area contributed by atoms with Crippen LogP contribution in [0.4, 0.5) is 0 Å². The van der Waals surface area contributed by atoms with Crippen LogP contribution in [0.2, 0.25) is 12.1 Å². The van der Waals surface area contributed by atoms with Crippen molar-refractivity contribution < 1.29 is 4.43 Å². The fourth-order valence-corrected chi connectivity index (χ4v) is 8.62. The molecule has 0 aliphatic carbocycles. The Balaban J connectivity index is 4.58. The third-order valence-corrected chi connectivity index (χ3v) is 11.2. The average Bonchev–Trinajstić information content (AvgIpc) is 2.32. The lowest BCUT2D eigenvalue weighted by Gasteiger charge is -2.35. The molecule has 16 heavy (non-hydrogen) atoms. The maximum atomic E-state index is 6.28. The van der Waals surface area contributed by atoms with Gasteiger partial charge in [-0.3, -0.25) is 0 Å². The summed E-state index contributed by atoms with van der Waals surface area (Å²) in [7, 11) is -1.52. The highest BCUT2D eigenvalue weighted by Gasteiger charge is 2.39. The van der Waals surface area contributed by atoms with Crippen LogP contribution >= 0.6 is 15.9 Å². The van der Waals surface area contributed by atoms with Gasteiger partial charge in [-0.25, -0.2) is 0 Å². The molecule has 1 atom stereocenters. The van der Waals surface area contributed by atoms with E-state index in [1.807, 2.05) is 0 Å². The molecule has 0 saturated carbocycles. The minimum absolute atomic E-state index is 0.637. The molecule has 0 fully saturated rings. The number of alkyl halides is 1. The van der Waals surface area contributed by atoms with E-state index in [9.17, 15) is 0 Å². The highest BCUT2D eigenvalue weighted by atomic mass is 79.9. The lowest BCUT2D eigenvalue weighted by molar-refractivity contribution is 0.313. The van der Waals surface area contributed by atoms with Crippen LogP contribution in [0.1, 0.15) is 59.8 Å². The monoisotopic (exact) mass is 308 g/mol. The van der Waals surface area contributed by atoms with E-state index in [1.165, 1.54) is 44.2 Å². The molecule has 3 heteroatoms. The Labute approximate surface area is 112 Å².